The molecular formula is C83H85Cl3F7N11O15. The largest absolute Gasteiger partial charge is 0.478 e. The third-order valence-electron chi connectivity index (χ3n) is 19.8. The SMILES string of the molecule is C.C.CC(=O)c1cn(CC(=O)N2C[C@H](F)C[C@H]2C(=O)NCc2cccc(Cl)c2F)c2ccc(C(=O)O)cc12.CC(=O)c1cn(CC(=O)N2C[C@H](F)C[C@H]2C(=O)NCc2cccc(Cl)c2F)c2ccc(N=C=O)cc12.CC(=O)c1cn(CC(=O)N2C[C@H](F)C[C@H]2C(=O)NCc2cccc(Cl)c2F)c2ccc(NC(=O)OC3CC3)cc12.F.OC1CC1. The van der Waals surface area contributed by atoms with E-state index in [-0.39, 0.29) is 170 Å². The Morgan fingerprint density at radius 2 is 0.849 bits per heavy atom. The number of aliphatic hydroxyl groups is 1. The van der Waals surface area contributed by atoms with Gasteiger partial charge in [-0.2, -0.15) is 4.99 Å². The van der Waals surface area contributed by atoms with E-state index in [4.69, 9.17) is 44.6 Å². The fraction of sp³-hybridized carbons (Fsp3) is 0.349. The maximum Gasteiger partial charge on any atom is 0.411 e. The second-order valence-corrected chi connectivity index (χ2v) is 29.5. The molecule has 119 heavy (non-hydrogen) atoms. The number of aliphatic imine (C=N–C) groups is 1. The van der Waals surface area contributed by atoms with Gasteiger partial charge in [0.2, 0.25) is 41.5 Å². The molecule has 6 atom stereocenters. The Kier molecular flexibility index (Phi) is 31.6. The molecule has 36 heteroatoms. The fourth-order valence-electron chi connectivity index (χ4n) is 13.6. The molecule has 0 unspecified atom stereocenters. The summed E-state index contributed by atoms with van der Waals surface area (Å²) in [6, 6.07) is 23.7. The van der Waals surface area contributed by atoms with Gasteiger partial charge >= 0.3 is 12.1 Å². The number of halogens is 10. The number of amides is 7. The Hall–Kier alpha value is -11.8. The molecule has 632 valence electrons. The summed E-state index contributed by atoms with van der Waals surface area (Å²) in [4.78, 5) is 156. The van der Waals surface area contributed by atoms with Gasteiger partial charge in [-0.05, 0) is 119 Å². The first-order valence-corrected chi connectivity index (χ1v) is 37.7. The number of hydrogen-bond acceptors (Lipinski definition) is 15. The summed E-state index contributed by atoms with van der Waals surface area (Å²) < 4.78 is 95.2. The van der Waals surface area contributed by atoms with E-state index >= 15 is 0 Å². The average Bonchev–Trinajstić information content (AvgIpc) is 1.64. The number of hydrogen-bond donors (Lipinski definition) is 6. The summed E-state index contributed by atoms with van der Waals surface area (Å²) in [5, 5.41) is 28.9. The zero-order chi connectivity index (χ0) is 83.7. The van der Waals surface area contributed by atoms with Crippen molar-refractivity contribution in [2.75, 3.05) is 25.0 Å². The number of aliphatic hydroxyl groups excluding tert-OH is 1. The molecule has 0 spiro atoms. The van der Waals surface area contributed by atoms with E-state index in [2.05, 4.69) is 26.3 Å². The Morgan fingerprint density at radius 3 is 1.18 bits per heavy atom. The van der Waals surface area contributed by atoms with Gasteiger partial charge in [0, 0.05) is 129 Å². The lowest BCUT2D eigenvalue weighted by atomic mass is 10.1. The molecule has 2 saturated carbocycles. The second kappa shape index (κ2) is 40.6. The topological polar surface area (TPSA) is 340 Å². The van der Waals surface area contributed by atoms with Crippen molar-refractivity contribution in [1.82, 2.24) is 44.4 Å². The van der Waals surface area contributed by atoms with Crippen molar-refractivity contribution < 1.29 is 104 Å². The number of benzene rings is 6. The van der Waals surface area contributed by atoms with E-state index in [9.17, 15) is 89.0 Å². The van der Waals surface area contributed by atoms with Gasteiger partial charge in [-0.15, -0.1) is 0 Å². The highest BCUT2D eigenvalue weighted by molar-refractivity contribution is 6.31. The van der Waals surface area contributed by atoms with Crippen molar-refractivity contribution >= 4 is 150 Å². The third kappa shape index (κ3) is 22.7. The maximum absolute atomic E-state index is 14.4. The Bertz CT molecular complexity index is 5240. The molecule has 9 aromatic rings. The molecule has 0 bridgehead atoms. The molecule has 3 aliphatic heterocycles. The van der Waals surface area contributed by atoms with E-state index < -0.39 is 102 Å². The standard InChI is InChI=1S/C28H27ClF2N4O5.C25H21ClF2N4O4.C25H22ClF2N3O5.C3H6O.2CH4.FH/c1-15(36)21-13-34(23-8-5-18(10-20(21)23)33-28(39)40-19-6-7-19)14-25(37)35-12-17(30)9-24(35)27(38)32-11-16-3-2-4-22(29)26(16)31;1-14(34)19-11-31(21-6-5-17(30-13-33)8-18(19)21)12-23(35)32-10-16(27)7-22(32)25(36)29-9-15-3-2-4-20(26)24(15)28;1-13(32)18-11-30(20-6-5-14(25(35)36)7-17(18)20)12-22(33)31-10-16(27)8-21(31)24(34)29-9-15-3-2-4-19(26)23(15)28;4-3-1-2-3;;;/h2-5,8,10,13,17,19,24H,6-7,9,11-12,14H2,1H3,(H,32,38)(H,33,39);2-6,8,11,16,22H,7,9-10,12H2,1H3,(H,29,36);2-7,11,16,21H,8-10,12H2,1H3,(H,29,34)(H,35,36);3-4H,1-2H2;2*1H4;1H/t17-,24+;16-,22+;16-,21+;;;;/m111..../s1. The first-order valence-electron chi connectivity index (χ1n) is 36.6. The van der Waals surface area contributed by atoms with Crippen LogP contribution in [0.4, 0.5) is 47.2 Å². The van der Waals surface area contributed by atoms with Crippen LogP contribution in [0, 0.1) is 17.5 Å². The molecule has 26 nitrogen and oxygen atoms in total. The van der Waals surface area contributed by atoms with Gasteiger partial charge in [0.1, 0.15) is 79.8 Å². The van der Waals surface area contributed by atoms with Gasteiger partial charge < -0.3 is 59.3 Å². The van der Waals surface area contributed by atoms with Crippen LogP contribution >= 0.6 is 34.8 Å². The predicted molar refractivity (Wildman–Crippen MR) is 430 cm³/mol. The number of aromatic nitrogens is 3. The van der Waals surface area contributed by atoms with Gasteiger partial charge in [0.15, 0.2) is 17.3 Å². The number of Topliss-reactive ketones (excluding diaryl/α,β-unsaturated/α-hetero) is 3. The molecule has 6 heterocycles. The minimum Gasteiger partial charge on any atom is -0.478 e. The summed E-state index contributed by atoms with van der Waals surface area (Å²) in [5.41, 5.74) is 3.63. The van der Waals surface area contributed by atoms with Gasteiger partial charge in [-0.3, -0.25) is 53.2 Å². The van der Waals surface area contributed by atoms with Crippen LogP contribution in [0.25, 0.3) is 32.7 Å². The van der Waals surface area contributed by atoms with Crippen molar-refractivity contribution in [3.8, 4) is 0 Å². The van der Waals surface area contributed by atoms with E-state index in [1.54, 1.807) is 41.0 Å². The lowest BCUT2D eigenvalue weighted by Crippen LogP contribution is -2.46. The second-order valence-electron chi connectivity index (χ2n) is 28.3. The molecule has 3 aromatic heterocycles. The molecule has 3 saturated heterocycles. The van der Waals surface area contributed by atoms with Crippen molar-refractivity contribution in [3.63, 3.8) is 0 Å². The molecule has 6 aromatic carbocycles. The van der Waals surface area contributed by atoms with Crippen LogP contribution in [0.1, 0.15) is 139 Å². The van der Waals surface area contributed by atoms with Crippen molar-refractivity contribution in [1.29, 1.82) is 0 Å². The average molecular weight is 1720 g/mol. The fourth-order valence-corrected chi connectivity index (χ4v) is 14.2. The number of fused-ring (bicyclic) bond motifs is 3. The number of anilines is 1. The number of ketones is 3. The number of alkyl halides is 3. The zero-order valence-electron chi connectivity index (χ0n) is 62.7. The number of rotatable bonds is 22. The van der Waals surface area contributed by atoms with Gasteiger partial charge in [-0.25, -0.2) is 40.7 Å². The highest BCUT2D eigenvalue weighted by Gasteiger charge is 2.43. The molecule has 2 aliphatic carbocycles. The number of isocyanates is 1. The quantitative estimate of drug-likeness (QED) is 0.0159. The smallest absolute Gasteiger partial charge is 0.411 e. The Morgan fingerprint density at radius 1 is 0.504 bits per heavy atom. The van der Waals surface area contributed by atoms with Crippen LogP contribution in [0.3, 0.4) is 0 Å². The van der Waals surface area contributed by atoms with Crippen LogP contribution in [0.15, 0.2) is 133 Å². The molecule has 5 fully saturated rings. The summed E-state index contributed by atoms with van der Waals surface area (Å²) in [5.74, 6) is -7.41. The Labute approximate surface area is 692 Å². The summed E-state index contributed by atoms with van der Waals surface area (Å²) in [6.45, 7) is 1.94. The molecule has 7 amide bonds. The van der Waals surface area contributed by atoms with Crippen molar-refractivity contribution in [2.45, 2.75) is 169 Å². The predicted octanol–water partition coefficient (Wildman–Crippen LogP) is 13.6. The lowest BCUT2D eigenvalue weighted by Gasteiger charge is -2.24. The molecular weight excluding hydrogens is 1630 g/mol. The van der Waals surface area contributed by atoms with Gasteiger partial charge in [-0.1, -0.05) is 86.1 Å². The number of likely N-dealkylation sites (tertiary alicyclic amines) is 3. The molecule has 0 radical (unpaired) electrons. The number of carbonyl (C=O) groups is 11. The summed E-state index contributed by atoms with van der Waals surface area (Å²) in [7, 11) is 0. The van der Waals surface area contributed by atoms with Crippen LogP contribution < -0.4 is 21.3 Å². The number of carboxylic acid groups (broad SMARTS) is 1. The number of carboxylic acids is 1. The highest BCUT2D eigenvalue weighted by atomic mass is 35.5. The lowest BCUT2D eigenvalue weighted by molar-refractivity contribution is -0.139. The summed E-state index contributed by atoms with van der Waals surface area (Å²) >= 11 is 17.3. The first-order chi connectivity index (χ1) is 55.2. The minimum absolute atomic E-state index is 0. The van der Waals surface area contributed by atoms with E-state index in [1.807, 2.05) is 0 Å². The van der Waals surface area contributed by atoms with E-state index in [0.29, 0.717) is 55.2 Å². The third-order valence-corrected chi connectivity index (χ3v) is 20.6. The minimum atomic E-state index is -1.42. The van der Waals surface area contributed by atoms with Crippen molar-refractivity contribution in [2.24, 2.45) is 4.99 Å². The van der Waals surface area contributed by atoms with E-state index in [0.717, 1.165) is 40.4 Å². The number of ether oxygens (including phenoxy) is 1. The number of nitrogens with one attached hydrogen (secondary N) is 4. The zero-order valence-corrected chi connectivity index (χ0v) is 65.0. The molecule has 5 aliphatic rings. The van der Waals surface area contributed by atoms with Gasteiger partial charge in [0.25, 0.3) is 0 Å². The van der Waals surface area contributed by atoms with Crippen LogP contribution in [-0.4, -0.2) is 178 Å². The first kappa shape index (κ1) is 92.7. The normalized spacial score (nSPS) is 17.6. The van der Waals surface area contributed by atoms with Crippen LogP contribution in [0.2, 0.25) is 15.1 Å². The van der Waals surface area contributed by atoms with Crippen molar-refractivity contribution in [3.05, 3.63) is 199 Å². The Balaban J connectivity index is 0.000000214. The van der Waals surface area contributed by atoms with E-state index in [1.165, 1.54) is 127 Å². The molecule has 14 rings (SSSR count). The monoisotopic (exact) mass is 1710 g/mol. The highest BCUT2D eigenvalue weighted by Crippen LogP contribution is 2.34. The molecule has 6 N–H and O–H groups in total. The number of carbonyl (C=O) groups excluding carboxylic acids is 11. The van der Waals surface area contributed by atoms with Crippen LogP contribution in [-0.2, 0) is 77.6 Å². The number of nitrogens with zero attached hydrogens (tertiary/aromatic N) is 7. The number of aromatic carboxylic acids is 1. The summed E-state index contributed by atoms with van der Waals surface area (Å²) in [6.07, 6.45) is 4.29. The van der Waals surface area contributed by atoms with Gasteiger partial charge in [0.05, 0.1) is 52.1 Å². The van der Waals surface area contributed by atoms with Crippen LogP contribution in [0.5, 0.6) is 0 Å². The maximum atomic E-state index is 14.4.